The van der Waals surface area contributed by atoms with Crippen molar-refractivity contribution in [3.8, 4) is 0 Å². The van der Waals surface area contributed by atoms with Gasteiger partial charge in [-0.15, -0.1) is 0 Å². The highest BCUT2D eigenvalue weighted by atomic mass is 16.7. The highest BCUT2D eigenvalue weighted by molar-refractivity contribution is 4.80. The van der Waals surface area contributed by atoms with E-state index >= 15 is 0 Å². The molecule has 1 fully saturated rings. The number of hydrogen-bond donors (Lipinski definition) is 1. The first-order valence-corrected chi connectivity index (χ1v) is 5.21. The van der Waals surface area contributed by atoms with Crippen LogP contribution in [0.5, 0.6) is 0 Å². The van der Waals surface area contributed by atoms with Gasteiger partial charge in [0.15, 0.2) is 6.29 Å². The summed E-state index contributed by atoms with van der Waals surface area (Å²) in [7, 11) is 0. The number of hydrogen-bond acceptors (Lipinski definition) is 3. The number of ether oxygens (including phenoxy) is 2. The zero-order valence-corrected chi connectivity index (χ0v) is 8.45. The van der Waals surface area contributed by atoms with Crippen LogP contribution in [0, 0.1) is 0 Å². The van der Waals surface area contributed by atoms with E-state index in [1.54, 1.807) is 6.08 Å². The van der Waals surface area contributed by atoms with Crippen LogP contribution in [0.15, 0.2) is 12.2 Å². The highest BCUT2D eigenvalue weighted by Crippen LogP contribution is 2.13. The minimum absolute atomic E-state index is 0.0537. The molecule has 1 aliphatic rings. The van der Waals surface area contributed by atoms with Gasteiger partial charge in [-0.25, -0.2) is 0 Å². The van der Waals surface area contributed by atoms with Crippen molar-refractivity contribution in [3.05, 3.63) is 12.2 Å². The quantitative estimate of drug-likeness (QED) is 0.528. The largest absolute Gasteiger partial charge is 0.392 e. The summed E-state index contributed by atoms with van der Waals surface area (Å²) in [6, 6.07) is 0. The molecule has 0 amide bonds. The average molecular weight is 202 g/mol. The van der Waals surface area contributed by atoms with Crippen LogP contribution in [0.1, 0.15) is 34.8 Å². The van der Waals surface area contributed by atoms with Crippen molar-refractivity contribution in [2.45, 2.75) is 38.4 Å². The molecule has 0 bridgehead atoms. The number of rotatable bonds is 6. The number of aliphatic hydroxyl groups is 1. The van der Waals surface area contributed by atoms with Gasteiger partial charge in [-0.3, -0.25) is 0 Å². The molecule has 14 heavy (non-hydrogen) atoms. The van der Waals surface area contributed by atoms with Gasteiger partial charge in [-0.2, -0.15) is 0 Å². The SMILES string of the molecule is [2H]C([2H])(O)/C=C\CCCOC1CCCCO1. The van der Waals surface area contributed by atoms with Crippen molar-refractivity contribution in [2.24, 2.45) is 0 Å². The van der Waals surface area contributed by atoms with E-state index in [9.17, 15) is 0 Å². The monoisotopic (exact) mass is 202 g/mol. The molecule has 0 saturated carbocycles. The van der Waals surface area contributed by atoms with Crippen molar-refractivity contribution in [2.75, 3.05) is 19.8 Å². The van der Waals surface area contributed by atoms with Crippen LogP contribution >= 0.6 is 0 Å². The van der Waals surface area contributed by atoms with Gasteiger partial charge in [0.05, 0.1) is 15.9 Å². The van der Waals surface area contributed by atoms with E-state index < -0.39 is 6.56 Å². The Balaban J connectivity index is 1.97. The van der Waals surface area contributed by atoms with Gasteiger partial charge in [-0.05, 0) is 32.1 Å². The van der Waals surface area contributed by atoms with Crippen molar-refractivity contribution in [3.63, 3.8) is 0 Å². The first-order valence-electron chi connectivity index (χ1n) is 6.21. The zero-order chi connectivity index (χ0) is 11.9. The summed E-state index contributed by atoms with van der Waals surface area (Å²) in [5.74, 6) is 0. The highest BCUT2D eigenvalue weighted by Gasteiger charge is 2.12. The normalized spacial score (nSPS) is 26.2. The average Bonchev–Trinajstić information content (AvgIpc) is 2.23. The van der Waals surface area contributed by atoms with E-state index in [-0.39, 0.29) is 6.29 Å². The molecule has 0 radical (unpaired) electrons. The first kappa shape index (κ1) is 8.89. The predicted molar refractivity (Wildman–Crippen MR) is 55.0 cm³/mol. The molecule has 3 heteroatoms. The molecule has 0 aliphatic carbocycles. The van der Waals surface area contributed by atoms with Crippen molar-refractivity contribution < 1.29 is 17.3 Å². The Morgan fingerprint density at radius 1 is 1.50 bits per heavy atom. The fourth-order valence-corrected chi connectivity index (χ4v) is 1.39. The molecule has 1 N–H and O–H groups in total. The smallest absolute Gasteiger partial charge is 0.157 e. The van der Waals surface area contributed by atoms with Gasteiger partial charge in [0.2, 0.25) is 0 Å². The van der Waals surface area contributed by atoms with E-state index in [4.69, 9.17) is 17.3 Å². The molecule has 1 aliphatic heterocycles. The summed E-state index contributed by atoms with van der Waals surface area (Å²) in [5, 5.41) is 8.77. The molecule has 1 rings (SSSR count). The van der Waals surface area contributed by atoms with Gasteiger partial charge in [0.25, 0.3) is 0 Å². The van der Waals surface area contributed by atoms with Crippen molar-refractivity contribution >= 4 is 0 Å². The van der Waals surface area contributed by atoms with Gasteiger partial charge >= 0.3 is 0 Å². The zero-order valence-electron chi connectivity index (χ0n) is 10.4. The van der Waals surface area contributed by atoms with E-state index in [2.05, 4.69) is 0 Å². The van der Waals surface area contributed by atoms with E-state index in [1.165, 1.54) is 0 Å². The molecule has 0 spiro atoms. The van der Waals surface area contributed by atoms with Crippen LogP contribution in [0.4, 0.5) is 0 Å². The Hall–Kier alpha value is -0.380. The van der Waals surface area contributed by atoms with E-state index in [0.717, 1.165) is 38.4 Å². The molecule has 0 aromatic rings. The van der Waals surface area contributed by atoms with Gasteiger partial charge in [-0.1, -0.05) is 12.2 Å². The maximum Gasteiger partial charge on any atom is 0.157 e. The second-order valence-corrected chi connectivity index (χ2v) is 3.34. The maximum atomic E-state index is 8.77. The number of allylic oxidation sites excluding steroid dienone is 1. The lowest BCUT2D eigenvalue weighted by Gasteiger charge is -2.22. The van der Waals surface area contributed by atoms with Gasteiger partial charge in [0.1, 0.15) is 0 Å². The van der Waals surface area contributed by atoms with Crippen molar-refractivity contribution in [1.82, 2.24) is 0 Å². The minimum Gasteiger partial charge on any atom is -0.392 e. The van der Waals surface area contributed by atoms with Crippen LogP contribution in [0.3, 0.4) is 0 Å². The predicted octanol–water partition coefficient (Wildman–Crippen LogP) is 1.86. The molecule has 0 aromatic heterocycles. The van der Waals surface area contributed by atoms with Crippen molar-refractivity contribution in [1.29, 1.82) is 0 Å². The molecule has 1 atom stereocenters. The summed E-state index contributed by atoms with van der Waals surface area (Å²) in [6.45, 7) is -0.800. The van der Waals surface area contributed by atoms with Crippen LogP contribution in [-0.4, -0.2) is 31.2 Å². The van der Waals surface area contributed by atoms with Crippen LogP contribution < -0.4 is 0 Å². The van der Waals surface area contributed by atoms with Gasteiger partial charge < -0.3 is 14.6 Å². The molecule has 3 nitrogen and oxygen atoms in total. The third kappa shape index (κ3) is 5.37. The molecule has 1 unspecified atom stereocenters. The first-order chi connectivity index (χ1) is 7.58. The Bertz CT molecular complexity index is 208. The summed E-state index contributed by atoms with van der Waals surface area (Å²) < 4.78 is 24.6. The molecular formula is C11H20O3. The molecular weight excluding hydrogens is 180 g/mol. The van der Waals surface area contributed by atoms with Crippen LogP contribution in [0.2, 0.25) is 0 Å². The summed E-state index contributed by atoms with van der Waals surface area (Å²) >= 11 is 0. The standard InChI is InChI=1S/C11H20O3/c12-8-4-1-2-5-9-13-11-7-3-6-10-14-11/h1,4,11-12H,2-3,5-10H2/b4-1-/i8D2. The molecule has 1 saturated heterocycles. The topological polar surface area (TPSA) is 38.7 Å². The Morgan fingerprint density at radius 3 is 3.14 bits per heavy atom. The maximum absolute atomic E-state index is 8.77. The Morgan fingerprint density at radius 2 is 2.43 bits per heavy atom. The van der Waals surface area contributed by atoms with Crippen LogP contribution in [-0.2, 0) is 9.47 Å². The third-order valence-electron chi connectivity index (χ3n) is 2.15. The Labute approximate surface area is 88.5 Å². The molecule has 82 valence electrons. The minimum atomic E-state index is -2.20. The van der Waals surface area contributed by atoms with E-state index in [1.807, 2.05) is 0 Å². The Kier molecular flexibility index (Phi) is 5.06. The summed E-state index contributed by atoms with van der Waals surface area (Å²) in [6.07, 6.45) is 7.49. The summed E-state index contributed by atoms with van der Waals surface area (Å²) in [4.78, 5) is 0. The lowest BCUT2D eigenvalue weighted by Crippen LogP contribution is -2.22. The lowest BCUT2D eigenvalue weighted by atomic mass is 10.2. The third-order valence-corrected chi connectivity index (χ3v) is 2.15. The van der Waals surface area contributed by atoms with Gasteiger partial charge in [0, 0.05) is 6.61 Å². The lowest BCUT2D eigenvalue weighted by molar-refractivity contribution is -0.162. The molecule has 1 heterocycles. The second-order valence-electron chi connectivity index (χ2n) is 3.34. The molecule has 0 aromatic carbocycles. The van der Waals surface area contributed by atoms with E-state index in [0.29, 0.717) is 13.0 Å². The fourth-order valence-electron chi connectivity index (χ4n) is 1.39. The fraction of sp³-hybridized carbons (Fsp3) is 0.818. The summed E-state index contributed by atoms with van der Waals surface area (Å²) in [5.41, 5.74) is 0. The van der Waals surface area contributed by atoms with Crippen LogP contribution in [0.25, 0.3) is 0 Å². The number of unbranched alkanes of at least 4 members (excludes halogenated alkanes) is 1. The second kappa shape index (κ2) is 7.97.